The van der Waals surface area contributed by atoms with Crippen molar-refractivity contribution in [3.05, 3.63) is 0 Å². The zero-order chi connectivity index (χ0) is 8.85. The average Bonchev–Trinajstić information content (AvgIpc) is 1.98. The predicted octanol–water partition coefficient (Wildman–Crippen LogP) is -0.867. The van der Waals surface area contributed by atoms with E-state index in [4.69, 9.17) is 5.73 Å². The van der Waals surface area contributed by atoms with Gasteiger partial charge >= 0.3 is 6.03 Å². The predicted molar refractivity (Wildman–Crippen MR) is 40.9 cm³/mol. The lowest BCUT2D eigenvalue weighted by Crippen LogP contribution is -2.41. The van der Waals surface area contributed by atoms with Crippen LogP contribution in [0.3, 0.4) is 0 Å². The van der Waals surface area contributed by atoms with Crippen LogP contribution in [0.5, 0.6) is 0 Å². The normalized spacial score (nSPS) is 8.91. The van der Waals surface area contributed by atoms with Crippen molar-refractivity contribution in [3.8, 4) is 0 Å². The first-order valence-electron chi connectivity index (χ1n) is 3.35. The van der Waals surface area contributed by atoms with Crippen molar-refractivity contribution in [3.63, 3.8) is 0 Å². The Morgan fingerprint density at radius 3 is 2.45 bits per heavy atom. The number of nitrogens with two attached hydrogens (primary N) is 1. The summed E-state index contributed by atoms with van der Waals surface area (Å²) in [5.74, 6) is -0.539. The van der Waals surface area contributed by atoms with Crippen LogP contribution in [0.4, 0.5) is 4.79 Å². The van der Waals surface area contributed by atoms with Gasteiger partial charge in [0.05, 0.1) is 6.54 Å². The van der Waals surface area contributed by atoms with Crippen molar-refractivity contribution in [2.24, 2.45) is 5.73 Å². The molecule has 0 bridgehead atoms. The SMILES string of the molecule is CCN(C)C(=O)NCC(N)=O. The largest absolute Gasteiger partial charge is 0.368 e. The van der Waals surface area contributed by atoms with Crippen molar-refractivity contribution in [1.82, 2.24) is 10.2 Å². The van der Waals surface area contributed by atoms with Crippen molar-refractivity contribution in [2.45, 2.75) is 6.92 Å². The minimum atomic E-state index is -0.539. The Labute approximate surface area is 65.5 Å². The van der Waals surface area contributed by atoms with E-state index >= 15 is 0 Å². The maximum Gasteiger partial charge on any atom is 0.317 e. The number of rotatable bonds is 3. The minimum Gasteiger partial charge on any atom is -0.368 e. The van der Waals surface area contributed by atoms with E-state index in [0.29, 0.717) is 6.54 Å². The summed E-state index contributed by atoms with van der Waals surface area (Å²) in [5.41, 5.74) is 4.81. The highest BCUT2D eigenvalue weighted by atomic mass is 16.2. The zero-order valence-corrected chi connectivity index (χ0v) is 6.76. The van der Waals surface area contributed by atoms with Gasteiger partial charge in [0.1, 0.15) is 0 Å². The molecule has 0 unspecified atom stereocenters. The summed E-state index contributed by atoms with van der Waals surface area (Å²) in [5, 5.41) is 2.35. The van der Waals surface area contributed by atoms with Crippen LogP contribution >= 0.6 is 0 Å². The third-order valence-electron chi connectivity index (χ3n) is 1.23. The first kappa shape index (κ1) is 9.74. The molecular formula is C6H13N3O2. The van der Waals surface area contributed by atoms with E-state index in [-0.39, 0.29) is 12.6 Å². The van der Waals surface area contributed by atoms with Crippen LogP contribution in [0.25, 0.3) is 0 Å². The highest BCUT2D eigenvalue weighted by Crippen LogP contribution is 1.80. The van der Waals surface area contributed by atoms with Crippen molar-refractivity contribution in [1.29, 1.82) is 0 Å². The molecule has 64 valence electrons. The molecule has 0 heterocycles. The zero-order valence-electron chi connectivity index (χ0n) is 6.76. The van der Waals surface area contributed by atoms with Gasteiger partial charge in [0.15, 0.2) is 0 Å². The highest BCUT2D eigenvalue weighted by molar-refractivity contribution is 5.82. The Morgan fingerprint density at radius 2 is 2.09 bits per heavy atom. The molecule has 0 aliphatic carbocycles. The van der Waals surface area contributed by atoms with E-state index in [1.54, 1.807) is 7.05 Å². The van der Waals surface area contributed by atoms with Crippen LogP contribution in [0.2, 0.25) is 0 Å². The lowest BCUT2D eigenvalue weighted by atomic mass is 10.6. The number of urea groups is 1. The summed E-state index contributed by atoms with van der Waals surface area (Å²) in [6.07, 6.45) is 0. The molecule has 3 amide bonds. The molecule has 0 saturated carbocycles. The van der Waals surface area contributed by atoms with Crippen LogP contribution in [0, 0.1) is 0 Å². The van der Waals surface area contributed by atoms with Crippen LogP contribution in [0.1, 0.15) is 6.92 Å². The van der Waals surface area contributed by atoms with Crippen molar-refractivity contribution in [2.75, 3.05) is 20.1 Å². The molecule has 0 saturated heterocycles. The molecular weight excluding hydrogens is 146 g/mol. The summed E-state index contributed by atoms with van der Waals surface area (Å²) >= 11 is 0. The van der Waals surface area contributed by atoms with E-state index in [2.05, 4.69) is 5.32 Å². The topological polar surface area (TPSA) is 75.4 Å². The Balaban J connectivity index is 3.60. The molecule has 0 spiro atoms. The molecule has 3 N–H and O–H groups in total. The lowest BCUT2D eigenvalue weighted by molar-refractivity contribution is -0.117. The van der Waals surface area contributed by atoms with Crippen LogP contribution in [-0.2, 0) is 4.79 Å². The number of primary amides is 1. The summed E-state index contributed by atoms with van der Waals surface area (Å²) in [6.45, 7) is 2.33. The number of hydrogen-bond acceptors (Lipinski definition) is 2. The Kier molecular flexibility index (Phi) is 4.02. The Hall–Kier alpha value is -1.26. The second-order valence-electron chi connectivity index (χ2n) is 2.14. The summed E-state index contributed by atoms with van der Waals surface area (Å²) in [4.78, 5) is 22.5. The molecule has 0 aromatic carbocycles. The van der Waals surface area contributed by atoms with E-state index in [1.165, 1.54) is 4.90 Å². The number of amides is 3. The van der Waals surface area contributed by atoms with E-state index in [0.717, 1.165) is 0 Å². The van der Waals surface area contributed by atoms with Gasteiger partial charge in [-0.25, -0.2) is 4.79 Å². The van der Waals surface area contributed by atoms with Crippen LogP contribution in [-0.4, -0.2) is 37.0 Å². The highest BCUT2D eigenvalue weighted by Gasteiger charge is 2.05. The number of nitrogens with zero attached hydrogens (tertiary/aromatic N) is 1. The van der Waals surface area contributed by atoms with Crippen LogP contribution < -0.4 is 11.1 Å². The fourth-order valence-electron chi connectivity index (χ4n) is 0.441. The standard InChI is InChI=1S/C6H13N3O2/c1-3-9(2)6(11)8-4-5(7)10/h3-4H2,1-2H3,(H2,7,10)(H,8,11). The second kappa shape index (κ2) is 4.54. The molecule has 5 heteroatoms. The summed E-state index contributed by atoms with van der Waals surface area (Å²) in [7, 11) is 1.64. The van der Waals surface area contributed by atoms with Gasteiger partial charge < -0.3 is 16.0 Å². The molecule has 0 aromatic rings. The first-order chi connectivity index (χ1) is 5.07. The number of hydrogen-bond donors (Lipinski definition) is 2. The average molecular weight is 159 g/mol. The van der Waals surface area contributed by atoms with Crippen molar-refractivity contribution >= 4 is 11.9 Å². The first-order valence-corrected chi connectivity index (χ1v) is 3.35. The van der Waals surface area contributed by atoms with Gasteiger partial charge in [-0.3, -0.25) is 4.79 Å². The summed E-state index contributed by atoms with van der Waals surface area (Å²) in [6, 6.07) is -0.286. The van der Waals surface area contributed by atoms with Gasteiger partial charge in [-0.2, -0.15) is 0 Å². The van der Waals surface area contributed by atoms with Crippen molar-refractivity contribution < 1.29 is 9.59 Å². The van der Waals surface area contributed by atoms with Gasteiger partial charge in [-0.15, -0.1) is 0 Å². The quantitative estimate of drug-likeness (QED) is 0.561. The van der Waals surface area contributed by atoms with E-state index in [1.807, 2.05) is 6.92 Å². The second-order valence-corrected chi connectivity index (χ2v) is 2.14. The molecule has 0 aliphatic rings. The molecule has 11 heavy (non-hydrogen) atoms. The summed E-state index contributed by atoms with van der Waals surface area (Å²) < 4.78 is 0. The third-order valence-corrected chi connectivity index (χ3v) is 1.23. The molecule has 0 atom stereocenters. The minimum absolute atomic E-state index is 0.108. The fourth-order valence-corrected chi connectivity index (χ4v) is 0.441. The Bertz CT molecular complexity index is 158. The third kappa shape index (κ3) is 4.19. The number of carbonyl (C=O) groups excluding carboxylic acids is 2. The van der Waals surface area contributed by atoms with Gasteiger partial charge in [0, 0.05) is 13.6 Å². The van der Waals surface area contributed by atoms with E-state index in [9.17, 15) is 9.59 Å². The molecule has 0 aliphatic heterocycles. The number of nitrogens with one attached hydrogen (secondary N) is 1. The Morgan fingerprint density at radius 1 is 1.55 bits per heavy atom. The molecule has 0 fully saturated rings. The number of carbonyl (C=O) groups is 2. The monoisotopic (exact) mass is 159 g/mol. The molecule has 0 radical (unpaired) electrons. The van der Waals surface area contributed by atoms with Gasteiger partial charge in [0.25, 0.3) is 0 Å². The smallest absolute Gasteiger partial charge is 0.317 e. The fraction of sp³-hybridized carbons (Fsp3) is 0.667. The maximum atomic E-state index is 10.9. The van der Waals surface area contributed by atoms with Gasteiger partial charge in [-0.05, 0) is 6.92 Å². The van der Waals surface area contributed by atoms with Crippen LogP contribution in [0.15, 0.2) is 0 Å². The van der Waals surface area contributed by atoms with Gasteiger partial charge in [0.2, 0.25) is 5.91 Å². The van der Waals surface area contributed by atoms with E-state index < -0.39 is 5.91 Å². The lowest BCUT2D eigenvalue weighted by Gasteiger charge is -2.14. The van der Waals surface area contributed by atoms with Gasteiger partial charge in [-0.1, -0.05) is 0 Å². The maximum absolute atomic E-state index is 10.9. The molecule has 0 aromatic heterocycles. The molecule has 5 nitrogen and oxygen atoms in total. The molecule has 0 rings (SSSR count).